The van der Waals surface area contributed by atoms with Gasteiger partial charge in [0.15, 0.2) is 0 Å². The fourth-order valence-corrected chi connectivity index (χ4v) is 2.00. The number of carbonyl (C=O) groups excluding carboxylic acids is 2. The van der Waals surface area contributed by atoms with E-state index in [4.69, 9.17) is 17.2 Å². The van der Waals surface area contributed by atoms with E-state index >= 15 is 0 Å². The van der Waals surface area contributed by atoms with Crippen molar-refractivity contribution in [3.05, 3.63) is 29.7 Å². The largest absolute Gasteiger partial charge is 0.397 e. The highest BCUT2D eigenvalue weighted by Crippen LogP contribution is 2.26. The summed E-state index contributed by atoms with van der Waals surface area (Å²) in [5, 5.41) is 0. The Labute approximate surface area is 105 Å². The summed E-state index contributed by atoms with van der Waals surface area (Å²) in [6.45, 7) is 0.355. The second-order valence-corrected chi connectivity index (χ2v) is 4.29. The van der Waals surface area contributed by atoms with Crippen molar-refractivity contribution >= 4 is 23.3 Å². The van der Waals surface area contributed by atoms with Gasteiger partial charge >= 0.3 is 6.03 Å². The number of rotatable bonds is 2. The molecule has 1 aliphatic rings. The zero-order valence-electron chi connectivity index (χ0n) is 9.85. The molecule has 1 aromatic rings. The van der Waals surface area contributed by atoms with Crippen LogP contribution in [0.25, 0.3) is 0 Å². The first-order valence-corrected chi connectivity index (χ1v) is 5.59. The number of hydrogen-bond acceptors (Lipinski definition) is 4. The number of nitrogens with two attached hydrogens (primary N) is 3. The van der Waals surface area contributed by atoms with Crippen molar-refractivity contribution in [1.82, 2.24) is 4.90 Å². The summed E-state index contributed by atoms with van der Waals surface area (Å²) in [5.74, 6) is 0.371. The third-order valence-electron chi connectivity index (χ3n) is 3.02. The van der Waals surface area contributed by atoms with Crippen molar-refractivity contribution in [2.45, 2.75) is 12.8 Å². The zero-order valence-corrected chi connectivity index (χ0v) is 9.85. The Morgan fingerprint density at radius 1 is 1.28 bits per heavy atom. The molecule has 0 unspecified atom stereocenters. The molecule has 0 aliphatic carbocycles. The van der Waals surface area contributed by atoms with Gasteiger partial charge in [-0.05, 0) is 30.5 Å². The first-order valence-electron chi connectivity index (χ1n) is 5.59. The average molecular weight is 247 g/mol. The zero-order chi connectivity index (χ0) is 13.3. The molecule has 1 heterocycles. The van der Waals surface area contributed by atoms with Crippen molar-refractivity contribution in [3.63, 3.8) is 0 Å². The van der Waals surface area contributed by atoms with E-state index in [0.717, 1.165) is 10.5 Å². The molecule has 3 amide bonds. The molecule has 6 heteroatoms. The lowest BCUT2D eigenvalue weighted by Gasteiger charge is -2.11. The summed E-state index contributed by atoms with van der Waals surface area (Å²) in [7, 11) is 0. The van der Waals surface area contributed by atoms with Gasteiger partial charge in [0, 0.05) is 6.54 Å². The van der Waals surface area contributed by atoms with Crippen LogP contribution in [0.1, 0.15) is 12.0 Å². The maximum atomic E-state index is 11.8. The summed E-state index contributed by atoms with van der Waals surface area (Å²) in [4.78, 5) is 23.9. The van der Waals surface area contributed by atoms with Crippen LogP contribution in [0.15, 0.2) is 18.2 Å². The predicted molar refractivity (Wildman–Crippen MR) is 68.1 cm³/mol. The summed E-state index contributed by atoms with van der Waals surface area (Å²) < 4.78 is 0. The van der Waals surface area contributed by atoms with E-state index in [-0.39, 0.29) is 5.91 Å². The molecule has 95 valence electrons. The molecular formula is C12H15N4O2. The van der Waals surface area contributed by atoms with Crippen LogP contribution in [0.5, 0.6) is 0 Å². The van der Waals surface area contributed by atoms with Crippen molar-refractivity contribution in [2.75, 3.05) is 18.0 Å². The highest BCUT2D eigenvalue weighted by atomic mass is 16.2. The molecular weight excluding hydrogens is 232 g/mol. The fraction of sp³-hybridized carbons (Fsp3) is 0.250. The highest BCUT2D eigenvalue weighted by Gasteiger charge is 2.35. The average Bonchev–Trinajstić information content (AvgIpc) is 2.66. The number of primary amides is 1. The van der Waals surface area contributed by atoms with E-state index in [1.54, 1.807) is 12.1 Å². The number of nitrogens with zero attached hydrogens (tertiary/aromatic N) is 1. The minimum Gasteiger partial charge on any atom is -0.397 e. The Balaban J connectivity index is 2.09. The van der Waals surface area contributed by atoms with Crippen molar-refractivity contribution in [3.8, 4) is 0 Å². The molecule has 0 bridgehead atoms. The molecule has 1 radical (unpaired) electrons. The third-order valence-corrected chi connectivity index (χ3v) is 3.02. The minimum absolute atomic E-state index is 0.294. The Morgan fingerprint density at radius 2 is 2.00 bits per heavy atom. The quantitative estimate of drug-likeness (QED) is 0.651. The van der Waals surface area contributed by atoms with Crippen molar-refractivity contribution in [2.24, 2.45) is 5.73 Å². The van der Waals surface area contributed by atoms with Gasteiger partial charge in [-0.25, -0.2) is 4.79 Å². The normalized spacial score (nSPS) is 16.2. The predicted octanol–water partition coefficient (Wildman–Crippen LogP) is 0.279. The molecule has 2 rings (SSSR count). The lowest BCUT2D eigenvalue weighted by molar-refractivity contribution is -0.123. The topological polar surface area (TPSA) is 115 Å². The van der Waals surface area contributed by atoms with Gasteiger partial charge in [-0.3, -0.25) is 9.69 Å². The number of imide groups is 1. The van der Waals surface area contributed by atoms with Crippen LogP contribution in [0.3, 0.4) is 0 Å². The highest BCUT2D eigenvalue weighted by molar-refractivity contribution is 6.03. The number of hydrogen-bond donors (Lipinski definition) is 3. The number of urea groups is 1. The molecule has 1 saturated heterocycles. The lowest BCUT2D eigenvalue weighted by atomic mass is 9.97. The maximum absolute atomic E-state index is 11.8. The number of benzene rings is 1. The standard InChI is InChI=1S/C12H15N4O2/c13-9-2-1-7(6-10(9)14)5-8-3-4-16(11(8)17)12(15)18/h1-2,6H,3-5,13-14H2,(H2,15,18). The van der Waals surface area contributed by atoms with Crippen molar-refractivity contribution in [1.29, 1.82) is 0 Å². The van der Waals surface area contributed by atoms with Crippen LogP contribution in [-0.4, -0.2) is 23.4 Å². The van der Waals surface area contributed by atoms with E-state index < -0.39 is 6.03 Å². The molecule has 0 aromatic heterocycles. The lowest BCUT2D eigenvalue weighted by Crippen LogP contribution is -2.37. The smallest absolute Gasteiger partial charge is 0.321 e. The minimum atomic E-state index is -0.702. The van der Waals surface area contributed by atoms with Crippen LogP contribution < -0.4 is 17.2 Å². The Hall–Kier alpha value is -2.24. The SMILES string of the molecule is NC(=O)N1CC[C](Cc2ccc(N)c(N)c2)C1=O. The van der Waals surface area contributed by atoms with Crippen LogP contribution in [0.4, 0.5) is 16.2 Å². The van der Waals surface area contributed by atoms with Crippen LogP contribution in [0.2, 0.25) is 0 Å². The Bertz CT molecular complexity index is 501. The number of likely N-dealkylation sites (tertiary alicyclic amines) is 1. The fourth-order valence-electron chi connectivity index (χ4n) is 2.00. The third kappa shape index (κ3) is 2.22. The molecule has 18 heavy (non-hydrogen) atoms. The number of carbonyl (C=O) groups is 2. The molecule has 0 spiro atoms. The van der Waals surface area contributed by atoms with E-state index in [1.807, 2.05) is 6.07 Å². The number of amides is 3. The molecule has 6 nitrogen and oxygen atoms in total. The summed E-state index contributed by atoms with van der Waals surface area (Å²) >= 11 is 0. The van der Waals surface area contributed by atoms with Crippen molar-refractivity contribution < 1.29 is 9.59 Å². The molecule has 0 saturated carbocycles. The van der Waals surface area contributed by atoms with E-state index in [0.29, 0.717) is 36.7 Å². The van der Waals surface area contributed by atoms with Gasteiger partial charge in [0.05, 0.1) is 17.3 Å². The Kier molecular flexibility index (Phi) is 3.10. The number of nitrogen functional groups attached to an aromatic ring is 2. The van der Waals surface area contributed by atoms with Gasteiger partial charge in [0.25, 0.3) is 0 Å². The van der Waals surface area contributed by atoms with Crippen LogP contribution in [0, 0.1) is 5.92 Å². The van der Waals surface area contributed by atoms with Crippen LogP contribution in [-0.2, 0) is 11.2 Å². The van der Waals surface area contributed by atoms with E-state index in [9.17, 15) is 9.59 Å². The first-order chi connectivity index (χ1) is 8.49. The second kappa shape index (κ2) is 4.56. The number of anilines is 2. The van der Waals surface area contributed by atoms with Gasteiger partial charge in [-0.2, -0.15) is 0 Å². The molecule has 1 aliphatic heterocycles. The van der Waals surface area contributed by atoms with Gasteiger partial charge in [0.2, 0.25) is 5.91 Å². The Morgan fingerprint density at radius 3 is 2.56 bits per heavy atom. The van der Waals surface area contributed by atoms with Gasteiger partial charge in [-0.1, -0.05) is 6.07 Å². The first kappa shape index (κ1) is 12.2. The summed E-state index contributed by atoms with van der Waals surface area (Å²) in [5.41, 5.74) is 18.3. The molecule has 6 N–H and O–H groups in total. The maximum Gasteiger partial charge on any atom is 0.321 e. The monoisotopic (exact) mass is 247 g/mol. The van der Waals surface area contributed by atoms with E-state index in [1.165, 1.54) is 0 Å². The second-order valence-electron chi connectivity index (χ2n) is 4.29. The van der Waals surface area contributed by atoms with Gasteiger partial charge in [-0.15, -0.1) is 0 Å². The summed E-state index contributed by atoms with van der Waals surface area (Å²) in [6, 6.07) is 4.56. The van der Waals surface area contributed by atoms with E-state index in [2.05, 4.69) is 0 Å². The van der Waals surface area contributed by atoms with Crippen LogP contribution >= 0.6 is 0 Å². The molecule has 1 aromatic carbocycles. The summed E-state index contributed by atoms with van der Waals surface area (Å²) in [6.07, 6.45) is 1.01. The van der Waals surface area contributed by atoms with Gasteiger partial charge in [0.1, 0.15) is 0 Å². The molecule has 1 fully saturated rings. The van der Waals surface area contributed by atoms with Gasteiger partial charge < -0.3 is 17.2 Å². The molecule has 0 atom stereocenters.